The van der Waals surface area contributed by atoms with E-state index in [9.17, 15) is 9.59 Å². The lowest BCUT2D eigenvalue weighted by Crippen LogP contribution is -2.42. The maximum Gasteiger partial charge on any atom is 0.408 e. The standard InChI is InChI=1S/C16H22ClN3O4/c1-10(19-15(22)23-16(2,3)4)14(21)24-20-13(18)9-11-5-7-12(17)8-6-11/h5-8,10H,9H2,1-4H3,(H2,18,20)(H,19,22)/t10-/m0/s1. The fraction of sp³-hybridized carbons (Fsp3) is 0.438. The second-order valence-corrected chi connectivity index (χ2v) is 6.60. The van der Waals surface area contributed by atoms with E-state index in [1.807, 2.05) is 0 Å². The molecular weight excluding hydrogens is 334 g/mol. The van der Waals surface area contributed by atoms with E-state index in [4.69, 9.17) is 26.9 Å². The fourth-order valence-corrected chi connectivity index (χ4v) is 1.70. The molecule has 1 amide bonds. The Bertz CT molecular complexity index is 609. The van der Waals surface area contributed by atoms with Crippen molar-refractivity contribution in [3.05, 3.63) is 34.9 Å². The molecule has 0 bridgehead atoms. The molecule has 7 nitrogen and oxygen atoms in total. The smallest absolute Gasteiger partial charge is 0.408 e. The van der Waals surface area contributed by atoms with Crippen molar-refractivity contribution < 1.29 is 19.2 Å². The number of ether oxygens (including phenoxy) is 1. The maximum atomic E-state index is 11.8. The van der Waals surface area contributed by atoms with Gasteiger partial charge in [-0.3, -0.25) is 0 Å². The normalized spacial score (nSPS) is 13.1. The first-order chi connectivity index (χ1) is 11.1. The van der Waals surface area contributed by atoms with Crippen LogP contribution in [-0.4, -0.2) is 29.5 Å². The van der Waals surface area contributed by atoms with Crippen molar-refractivity contribution in [2.24, 2.45) is 10.9 Å². The summed E-state index contributed by atoms with van der Waals surface area (Å²) in [6, 6.07) is 6.11. The summed E-state index contributed by atoms with van der Waals surface area (Å²) in [5.74, 6) is -0.630. The van der Waals surface area contributed by atoms with Crippen LogP contribution in [0, 0.1) is 0 Å². The molecular formula is C16H22ClN3O4. The first-order valence-corrected chi connectivity index (χ1v) is 7.72. The largest absolute Gasteiger partial charge is 0.444 e. The number of nitrogens with one attached hydrogen (secondary N) is 1. The highest BCUT2D eigenvalue weighted by Gasteiger charge is 2.22. The lowest BCUT2D eigenvalue weighted by molar-refractivity contribution is -0.145. The van der Waals surface area contributed by atoms with Crippen molar-refractivity contribution in [2.45, 2.75) is 45.8 Å². The molecule has 0 saturated heterocycles. The Hall–Kier alpha value is -2.28. The number of nitrogens with zero attached hydrogens (tertiary/aromatic N) is 1. The highest BCUT2D eigenvalue weighted by molar-refractivity contribution is 6.30. The van der Waals surface area contributed by atoms with Crippen LogP contribution < -0.4 is 11.1 Å². The van der Waals surface area contributed by atoms with Crippen LogP contribution in [0.3, 0.4) is 0 Å². The van der Waals surface area contributed by atoms with Crippen LogP contribution in [-0.2, 0) is 20.8 Å². The first kappa shape index (κ1) is 19.8. The Balaban J connectivity index is 2.48. The van der Waals surface area contributed by atoms with Crippen molar-refractivity contribution in [1.82, 2.24) is 5.32 Å². The summed E-state index contributed by atoms with van der Waals surface area (Å²) in [6.07, 6.45) is -0.414. The van der Waals surface area contributed by atoms with E-state index in [2.05, 4.69) is 10.5 Å². The summed E-state index contributed by atoms with van der Waals surface area (Å²) < 4.78 is 5.04. The predicted octanol–water partition coefficient (Wildman–Crippen LogP) is 2.61. The van der Waals surface area contributed by atoms with Crippen LogP contribution in [0.1, 0.15) is 33.3 Å². The molecule has 8 heteroatoms. The van der Waals surface area contributed by atoms with Gasteiger partial charge in [-0.05, 0) is 45.4 Å². The summed E-state index contributed by atoms with van der Waals surface area (Å²) in [5, 5.41) is 6.53. The number of hydrogen-bond donors (Lipinski definition) is 2. The third-order valence-electron chi connectivity index (χ3n) is 2.64. The third kappa shape index (κ3) is 7.82. The molecule has 0 saturated carbocycles. The number of alkyl carbamates (subject to hydrolysis) is 1. The van der Waals surface area contributed by atoms with Gasteiger partial charge in [-0.2, -0.15) is 0 Å². The Morgan fingerprint density at radius 2 is 1.88 bits per heavy atom. The maximum absolute atomic E-state index is 11.8. The minimum absolute atomic E-state index is 0.121. The molecule has 0 aliphatic carbocycles. The van der Waals surface area contributed by atoms with Gasteiger partial charge in [0.2, 0.25) is 0 Å². The van der Waals surface area contributed by atoms with Crippen LogP contribution in [0.5, 0.6) is 0 Å². The van der Waals surface area contributed by atoms with Crippen molar-refractivity contribution in [3.8, 4) is 0 Å². The van der Waals surface area contributed by atoms with Crippen LogP contribution in [0.4, 0.5) is 4.79 Å². The Kier molecular flexibility index (Phi) is 7.03. The van der Waals surface area contributed by atoms with Crippen LogP contribution in [0.15, 0.2) is 29.4 Å². The molecule has 1 aromatic rings. The number of amidine groups is 1. The van der Waals surface area contributed by atoms with Gasteiger partial charge < -0.3 is 20.6 Å². The Morgan fingerprint density at radius 3 is 2.42 bits per heavy atom. The number of hydrogen-bond acceptors (Lipinski definition) is 5. The molecule has 1 atom stereocenters. The molecule has 1 aromatic carbocycles. The zero-order valence-corrected chi connectivity index (χ0v) is 14.9. The van der Waals surface area contributed by atoms with Gasteiger partial charge in [0.05, 0.1) is 0 Å². The minimum atomic E-state index is -0.924. The number of rotatable bonds is 5. The fourth-order valence-electron chi connectivity index (χ4n) is 1.57. The van der Waals surface area contributed by atoms with Gasteiger partial charge in [0.15, 0.2) is 0 Å². The number of amides is 1. The summed E-state index contributed by atoms with van der Waals surface area (Å²) in [6.45, 7) is 6.61. The van der Waals surface area contributed by atoms with Crippen molar-refractivity contribution >= 4 is 29.5 Å². The number of oxime groups is 1. The number of halogens is 1. The van der Waals surface area contributed by atoms with Crippen molar-refractivity contribution in [1.29, 1.82) is 0 Å². The van der Waals surface area contributed by atoms with Crippen LogP contribution >= 0.6 is 11.6 Å². The van der Waals surface area contributed by atoms with E-state index < -0.39 is 23.7 Å². The van der Waals surface area contributed by atoms with Crippen molar-refractivity contribution in [3.63, 3.8) is 0 Å². The average Bonchev–Trinajstić information content (AvgIpc) is 2.45. The SMILES string of the molecule is C[C@H](NC(=O)OC(C)(C)C)C(=O)O/N=C(\N)Cc1ccc(Cl)cc1. The zero-order chi connectivity index (χ0) is 18.3. The van der Waals surface area contributed by atoms with E-state index in [0.717, 1.165) is 5.56 Å². The number of benzene rings is 1. The summed E-state index contributed by atoms with van der Waals surface area (Å²) >= 11 is 5.79. The van der Waals surface area contributed by atoms with E-state index in [0.29, 0.717) is 11.4 Å². The third-order valence-corrected chi connectivity index (χ3v) is 2.89. The molecule has 0 heterocycles. The molecule has 0 spiro atoms. The number of nitrogens with two attached hydrogens (primary N) is 1. The molecule has 0 aliphatic rings. The molecule has 0 fully saturated rings. The molecule has 0 unspecified atom stereocenters. The van der Waals surface area contributed by atoms with Crippen LogP contribution in [0.2, 0.25) is 5.02 Å². The molecule has 1 rings (SSSR count). The Labute approximate surface area is 146 Å². The van der Waals surface area contributed by atoms with E-state index in [1.54, 1.807) is 45.0 Å². The molecule has 0 aliphatic heterocycles. The van der Waals surface area contributed by atoms with Gasteiger partial charge in [-0.25, -0.2) is 9.59 Å². The van der Waals surface area contributed by atoms with Crippen LogP contribution in [0.25, 0.3) is 0 Å². The first-order valence-electron chi connectivity index (χ1n) is 7.34. The lowest BCUT2D eigenvalue weighted by Gasteiger charge is -2.20. The van der Waals surface area contributed by atoms with Crippen molar-refractivity contribution in [2.75, 3.05) is 0 Å². The number of carbonyl (C=O) groups is 2. The van der Waals surface area contributed by atoms with Gasteiger partial charge in [-0.15, -0.1) is 0 Å². The summed E-state index contributed by atoms with van der Waals surface area (Å²) in [5.41, 5.74) is 5.92. The Morgan fingerprint density at radius 1 is 1.29 bits per heavy atom. The van der Waals surface area contributed by atoms with Gasteiger partial charge in [-0.1, -0.05) is 28.9 Å². The molecule has 132 valence electrons. The second-order valence-electron chi connectivity index (χ2n) is 6.16. The highest BCUT2D eigenvalue weighted by atomic mass is 35.5. The summed E-state index contributed by atoms with van der Waals surface area (Å²) in [7, 11) is 0. The van der Waals surface area contributed by atoms with E-state index >= 15 is 0 Å². The molecule has 24 heavy (non-hydrogen) atoms. The van der Waals surface area contributed by atoms with Gasteiger partial charge >= 0.3 is 12.1 Å². The predicted molar refractivity (Wildman–Crippen MR) is 91.7 cm³/mol. The highest BCUT2D eigenvalue weighted by Crippen LogP contribution is 2.10. The molecule has 3 N–H and O–H groups in total. The van der Waals surface area contributed by atoms with Gasteiger partial charge in [0.25, 0.3) is 0 Å². The van der Waals surface area contributed by atoms with Gasteiger partial charge in [0, 0.05) is 11.4 Å². The average molecular weight is 356 g/mol. The van der Waals surface area contributed by atoms with Gasteiger partial charge in [0.1, 0.15) is 17.5 Å². The molecule has 0 radical (unpaired) electrons. The second kappa shape index (κ2) is 8.54. The topological polar surface area (TPSA) is 103 Å². The summed E-state index contributed by atoms with van der Waals surface area (Å²) in [4.78, 5) is 28.1. The molecule has 0 aromatic heterocycles. The number of carbonyl (C=O) groups excluding carboxylic acids is 2. The monoisotopic (exact) mass is 355 g/mol. The minimum Gasteiger partial charge on any atom is -0.444 e. The zero-order valence-electron chi connectivity index (χ0n) is 14.1. The lowest BCUT2D eigenvalue weighted by atomic mass is 10.1. The van der Waals surface area contributed by atoms with E-state index in [1.165, 1.54) is 6.92 Å². The van der Waals surface area contributed by atoms with E-state index in [-0.39, 0.29) is 5.84 Å². The quantitative estimate of drug-likeness (QED) is 0.366.